The summed E-state index contributed by atoms with van der Waals surface area (Å²) < 4.78 is 5.66. The molecule has 0 unspecified atom stereocenters. The molecule has 0 aliphatic carbocycles. The molecule has 0 fully saturated rings. The van der Waals surface area contributed by atoms with Crippen LogP contribution in [0.3, 0.4) is 0 Å². The normalized spacial score (nSPS) is 10.3. The first-order valence-corrected chi connectivity index (χ1v) is 5.92. The predicted molar refractivity (Wildman–Crippen MR) is 68.3 cm³/mol. The van der Waals surface area contributed by atoms with Crippen LogP contribution in [0.4, 0.5) is 5.69 Å². The van der Waals surface area contributed by atoms with Crippen LogP contribution < -0.4 is 5.32 Å². The Morgan fingerprint density at radius 1 is 1.53 bits per heavy atom. The Balaban J connectivity index is 2.24. The van der Waals surface area contributed by atoms with Crippen LogP contribution >= 0.6 is 27.5 Å². The molecule has 0 aliphatic rings. The van der Waals surface area contributed by atoms with Crippen LogP contribution in [0.25, 0.3) is 0 Å². The molecule has 0 radical (unpaired) electrons. The third-order valence-electron chi connectivity index (χ3n) is 2.17. The van der Waals surface area contributed by atoms with Crippen molar-refractivity contribution in [1.82, 2.24) is 5.16 Å². The number of halogens is 2. The molecular formula is C11H8BrClN2O2. The van der Waals surface area contributed by atoms with Gasteiger partial charge in [0, 0.05) is 4.47 Å². The van der Waals surface area contributed by atoms with E-state index in [9.17, 15) is 4.79 Å². The van der Waals surface area contributed by atoms with Gasteiger partial charge >= 0.3 is 0 Å². The average Bonchev–Trinajstić information content (AvgIpc) is 2.70. The average molecular weight is 316 g/mol. The highest BCUT2D eigenvalue weighted by Gasteiger charge is 2.14. The van der Waals surface area contributed by atoms with Gasteiger partial charge in [-0.25, -0.2) is 0 Å². The summed E-state index contributed by atoms with van der Waals surface area (Å²) in [5, 5.41) is 6.71. The van der Waals surface area contributed by atoms with E-state index in [2.05, 4.69) is 26.4 Å². The minimum Gasteiger partial charge on any atom is -0.361 e. The zero-order chi connectivity index (χ0) is 12.4. The maximum atomic E-state index is 11.9. The lowest BCUT2D eigenvalue weighted by Crippen LogP contribution is -2.12. The zero-order valence-corrected chi connectivity index (χ0v) is 11.2. The van der Waals surface area contributed by atoms with E-state index < -0.39 is 0 Å². The van der Waals surface area contributed by atoms with Crippen LogP contribution in [0.1, 0.15) is 16.1 Å². The molecule has 1 amide bonds. The minimum atomic E-state index is -0.302. The number of anilines is 1. The van der Waals surface area contributed by atoms with Gasteiger partial charge in [0.2, 0.25) is 0 Å². The van der Waals surface area contributed by atoms with E-state index in [1.807, 2.05) is 0 Å². The number of aryl methyl sites for hydroxylation is 1. The fourth-order valence-corrected chi connectivity index (χ4v) is 1.83. The van der Waals surface area contributed by atoms with E-state index in [1.165, 1.54) is 6.20 Å². The summed E-state index contributed by atoms with van der Waals surface area (Å²) >= 11 is 9.28. The number of aromatic nitrogens is 1. The third kappa shape index (κ3) is 2.68. The van der Waals surface area contributed by atoms with Gasteiger partial charge in [0.1, 0.15) is 11.3 Å². The fourth-order valence-electron chi connectivity index (χ4n) is 1.30. The second kappa shape index (κ2) is 4.89. The lowest BCUT2D eigenvalue weighted by molar-refractivity contribution is 0.102. The lowest BCUT2D eigenvalue weighted by atomic mass is 10.2. The largest absolute Gasteiger partial charge is 0.361 e. The van der Waals surface area contributed by atoms with Gasteiger partial charge < -0.3 is 9.84 Å². The summed E-state index contributed by atoms with van der Waals surface area (Å²) in [7, 11) is 0. The molecule has 1 aromatic heterocycles. The number of hydrogen-bond acceptors (Lipinski definition) is 3. The van der Waals surface area contributed by atoms with Crippen LogP contribution in [0.15, 0.2) is 33.4 Å². The number of benzene rings is 1. The number of nitrogens with zero attached hydrogens (tertiary/aromatic N) is 1. The molecule has 0 bridgehead atoms. The Labute approximate surface area is 111 Å². The second-order valence-electron chi connectivity index (χ2n) is 3.37. The van der Waals surface area contributed by atoms with Crippen molar-refractivity contribution >= 4 is 39.1 Å². The van der Waals surface area contributed by atoms with Crippen LogP contribution in [0.5, 0.6) is 0 Å². The molecule has 0 atom stereocenters. The number of nitrogens with one attached hydrogen (secondary N) is 1. The van der Waals surface area contributed by atoms with Crippen molar-refractivity contribution in [1.29, 1.82) is 0 Å². The molecule has 4 nitrogen and oxygen atoms in total. The Kier molecular flexibility index (Phi) is 3.49. The Morgan fingerprint density at radius 2 is 2.29 bits per heavy atom. The van der Waals surface area contributed by atoms with E-state index in [-0.39, 0.29) is 5.91 Å². The van der Waals surface area contributed by atoms with Gasteiger partial charge in [-0.15, -0.1) is 0 Å². The minimum absolute atomic E-state index is 0.302. The highest BCUT2D eigenvalue weighted by Crippen LogP contribution is 2.26. The summed E-state index contributed by atoms with van der Waals surface area (Å²) in [6, 6.07) is 5.22. The predicted octanol–water partition coefficient (Wildman–Crippen LogP) is 3.65. The molecule has 0 spiro atoms. The van der Waals surface area contributed by atoms with Crippen LogP contribution in [0.2, 0.25) is 5.02 Å². The number of carbonyl (C=O) groups excluding carboxylic acids is 1. The standard InChI is InChI=1S/C11H8BrClN2O2/c1-6-8(5-14-17-6)11(16)15-10-4-7(12)2-3-9(10)13/h2-5H,1H3,(H,15,16). The molecule has 0 aliphatic heterocycles. The van der Waals surface area contributed by atoms with Crippen molar-refractivity contribution in [2.75, 3.05) is 5.32 Å². The molecule has 6 heteroatoms. The maximum absolute atomic E-state index is 11.9. The number of amides is 1. The molecule has 1 aromatic carbocycles. The number of carbonyl (C=O) groups is 1. The van der Waals surface area contributed by atoms with Crippen molar-refractivity contribution < 1.29 is 9.32 Å². The molecule has 88 valence electrons. The molecule has 1 heterocycles. The zero-order valence-electron chi connectivity index (χ0n) is 8.83. The summed E-state index contributed by atoms with van der Waals surface area (Å²) in [6.07, 6.45) is 1.37. The monoisotopic (exact) mass is 314 g/mol. The summed E-state index contributed by atoms with van der Waals surface area (Å²) in [5.74, 6) is 0.164. The first kappa shape index (κ1) is 12.1. The fraction of sp³-hybridized carbons (Fsp3) is 0.0909. The van der Waals surface area contributed by atoms with Crippen molar-refractivity contribution in [3.8, 4) is 0 Å². The van der Waals surface area contributed by atoms with Gasteiger partial charge in [0.15, 0.2) is 0 Å². The Hall–Kier alpha value is -1.33. The van der Waals surface area contributed by atoms with Crippen molar-refractivity contribution in [3.05, 3.63) is 45.2 Å². The summed E-state index contributed by atoms with van der Waals surface area (Å²) in [6.45, 7) is 1.67. The van der Waals surface area contributed by atoms with E-state index in [4.69, 9.17) is 16.1 Å². The van der Waals surface area contributed by atoms with E-state index in [0.29, 0.717) is 22.0 Å². The van der Waals surface area contributed by atoms with Gasteiger partial charge in [-0.1, -0.05) is 32.7 Å². The molecule has 17 heavy (non-hydrogen) atoms. The second-order valence-corrected chi connectivity index (χ2v) is 4.70. The highest BCUT2D eigenvalue weighted by atomic mass is 79.9. The number of rotatable bonds is 2. The Morgan fingerprint density at radius 3 is 2.94 bits per heavy atom. The third-order valence-corrected chi connectivity index (χ3v) is 2.99. The van der Waals surface area contributed by atoms with E-state index >= 15 is 0 Å². The van der Waals surface area contributed by atoms with Gasteiger partial charge in [-0.2, -0.15) is 0 Å². The molecule has 0 saturated heterocycles. The van der Waals surface area contributed by atoms with Gasteiger partial charge in [-0.3, -0.25) is 4.79 Å². The van der Waals surface area contributed by atoms with Crippen LogP contribution in [-0.4, -0.2) is 11.1 Å². The van der Waals surface area contributed by atoms with Crippen molar-refractivity contribution in [2.24, 2.45) is 0 Å². The lowest BCUT2D eigenvalue weighted by Gasteiger charge is -2.06. The quantitative estimate of drug-likeness (QED) is 0.920. The smallest absolute Gasteiger partial charge is 0.260 e. The van der Waals surface area contributed by atoms with Crippen LogP contribution in [-0.2, 0) is 0 Å². The Bertz CT molecular complexity index is 568. The molecule has 0 saturated carbocycles. The van der Waals surface area contributed by atoms with Crippen molar-refractivity contribution in [2.45, 2.75) is 6.92 Å². The SMILES string of the molecule is Cc1oncc1C(=O)Nc1cc(Br)ccc1Cl. The maximum Gasteiger partial charge on any atom is 0.260 e. The molecule has 1 N–H and O–H groups in total. The molecule has 2 rings (SSSR count). The summed E-state index contributed by atoms with van der Waals surface area (Å²) in [5.41, 5.74) is 0.924. The molecule has 2 aromatic rings. The first-order valence-electron chi connectivity index (χ1n) is 4.75. The topological polar surface area (TPSA) is 55.1 Å². The van der Waals surface area contributed by atoms with Gasteiger partial charge in [-0.05, 0) is 25.1 Å². The van der Waals surface area contributed by atoms with Gasteiger partial charge in [0.25, 0.3) is 5.91 Å². The highest BCUT2D eigenvalue weighted by molar-refractivity contribution is 9.10. The van der Waals surface area contributed by atoms with Crippen molar-refractivity contribution in [3.63, 3.8) is 0 Å². The van der Waals surface area contributed by atoms with E-state index in [0.717, 1.165) is 4.47 Å². The number of hydrogen-bond donors (Lipinski definition) is 1. The molecular weight excluding hydrogens is 307 g/mol. The first-order chi connectivity index (χ1) is 8.08. The van der Waals surface area contributed by atoms with Crippen LogP contribution in [0, 0.1) is 6.92 Å². The summed E-state index contributed by atoms with van der Waals surface area (Å²) in [4.78, 5) is 11.9. The van der Waals surface area contributed by atoms with Gasteiger partial charge in [0.05, 0.1) is 16.9 Å². The van der Waals surface area contributed by atoms with E-state index in [1.54, 1.807) is 25.1 Å².